The topological polar surface area (TPSA) is 88.2 Å². The SMILES string of the molecule is CNc1cc(Oc2ccc(NC(=O)Nc3cccc(C(F)(F)F)c3)cc2)ncn1. The van der Waals surface area contributed by atoms with Gasteiger partial charge in [0.05, 0.1) is 5.56 Å². The number of benzene rings is 2. The van der Waals surface area contributed by atoms with E-state index in [0.29, 0.717) is 23.1 Å². The molecule has 1 aromatic heterocycles. The number of rotatable bonds is 5. The smallest absolute Gasteiger partial charge is 0.416 e. The van der Waals surface area contributed by atoms with Crippen LogP contribution in [0.3, 0.4) is 0 Å². The number of nitrogens with zero attached hydrogens (tertiary/aromatic N) is 2. The summed E-state index contributed by atoms with van der Waals surface area (Å²) in [6, 6.07) is 11.7. The first-order valence-corrected chi connectivity index (χ1v) is 8.36. The van der Waals surface area contributed by atoms with Gasteiger partial charge >= 0.3 is 12.2 Å². The molecule has 0 aliphatic carbocycles. The Hall–Kier alpha value is -3.82. The molecule has 0 bridgehead atoms. The van der Waals surface area contributed by atoms with Crippen LogP contribution >= 0.6 is 0 Å². The van der Waals surface area contributed by atoms with Gasteiger partial charge in [-0.1, -0.05) is 6.07 Å². The van der Waals surface area contributed by atoms with Crippen molar-refractivity contribution in [1.29, 1.82) is 0 Å². The number of anilines is 3. The number of hydrogen-bond acceptors (Lipinski definition) is 5. The number of nitrogens with one attached hydrogen (secondary N) is 3. The van der Waals surface area contributed by atoms with E-state index in [1.165, 1.54) is 18.5 Å². The van der Waals surface area contributed by atoms with Crippen molar-refractivity contribution in [3.8, 4) is 11.6 Å². The Labute approximate surface area is 164 Å². The van der Waals surface area contributed by atoms with E-state index in [0.717, 1.165) is 12.1 Å². The van der Waals surface area contributed by atoms with Crippen LogP contribution in [0.5, 0.6) is 11.6 Å². The lowest BCUT2D eigenvalue weighted by molar-refractivity contribution is -0.137. The molecule has 2 aromatic carbocycles. The maximum absolute atomic E-state index is 12.7. The van der Waals surface area contributed by atoms with Crippen molar-refractivity contribution < 1.29 is 22.7 Å². The molecule has 7 nitrogen and oxygen atoms in total. The highest BCUT2D eigenvalue weighted by molar-refractivity contribution is 5.99. The minimum absolute atomic E-state index is 0.0291. The standard InChI is InChI=1S/C19H16F3N5O2/c1-23-16-10-17(25-11-24-16)29-15-7-5-13(6-8-15)26-18(28)27-14-4-2-3-12(9-14)19(20,21)22/h2-11H,1H3,(H,23,24,25)(H2,26,27,28). The van der Waals surface area contributed by atoms with Crippen LogP contribution in [0.2, 0.25) is 0 Å². The highest BCUT2D eigenvalue weighted by Crippen LogP contribution is 2.30. The van der Waals surface area contributed by atoms with Gasteiger partial charge in [-0.05, 0) is 42.5 Å². The third-order valence-electron chi connectivity index (χ3n) is 3.68. The van der Waals surface area contributed by atoms with E-state index in [2.05, 4.69) is 25.9 Å². The van der Waals surface area contributed by atoms with Crippen molar-refractivity contribution in [1.82, 2.24) is 9.97 Å². The number of alkyl halides is 3. The van der Waals surface area contributed by atoms with Gasteiger partial charge in [0.15, 0.2) is 0 Å². The van der Waals surface area contributed by atoms with E-state index >= 15 is 0 Å². The molecule has 3 N–H and O–H groups in total. The molecule has 0 aliphatic rings. The quantitative estimate of drug-likeness (QED) is 0.560. The Bertz CT molecular complexity index is 994. The van der Waals surface area contributed by atoms with Crippen LogP contribution in [-0.2, 0) is 6.18 Å². The number of amides is 2. The van der Waals surface area contributed by atoms with E-state index in [-0.39, 0.29) is 5.69 Å². The molecule has 0 fully saturated rings. The Balaban J connectivity index is 1.60. The van der Waals surface area contributed by atoms with E-state index in [1.807, 2.05) is 0 Å². The predicted molar refractivity (Wildman–Crippen MR) is 102 cm³/mol. The molecule has 2 amide bonds. The van der Waals surface area contributed by atoms with Crippen LogP contribution < -0.4 is 20.7 Å². The van der Waals surface area contributed by atoms with Crippen LogP contribution in [0.25, 0.3) is 0 Å². The Morgan fingerprint density at radius 1 is 0.966 bits per heavy atom. The first-order valence-electron chi connectivity index (χ1n) is 8.36. The van der Waals surface area contributed by atoms with Crippen LogP contribution in [0.15, 0.2) is 60.9 Å². The molecule has 29 heavy (non-hydrogen) atoms. The van der Waals surface area contributed by atoms with Gasteiger partial charge in [0.2, 0.25) is 5.88 Å². The van der Waals surface area contributed by atoms with Crippen molar-refractivity contribution in [2.45, 2.75) is 6.18 Å². The Morgan fingerprint density at radius 3 is 2.38 bits per heavy atom. The second kappa shape index (κ2) is 8.46. The van der Waals surface area contributed by atoms with Gasteiger partial charge in [-0.25, -0.2) is 14.8 Å². The molecule has 0 spiro atoms. The summed E-state index contributed by atoms with van der Waals surface area (Å²) in [5, 5.41) is 7.77. The molecule has 3 rings (SSSR count). The fourth-order valence-electron chi connectivity index (χ4n) is 2.33. The second-order valence-electron chi connectivity index (χ2n) is 5.78. The molecule has 0 aliphatic heterocycles. The van der Waals surface area contributed by atoms with Crippen LogP contribution in [-0.4, -0.2) is 23.0 Å². The lowest BCUT2D eigenvalue weighted by Crippen LogP contribution is -2.19. The Kier molecular flexibility index (Phi) is 5.82. The average Bonchev–Trinajstić information content (AvgIpc) is 2.69. The zero-order valence-electron chi connectivity index (χ0n) is 15.1. The molecule has 1 heterocycles. The molecular formula is C19H16F3N5O2. The lowest BCUT2D eigenvalue weighted by Gasteiger charge is -2.11. The van der Waals surface area contributed by atoms with E-state index in [9.17, 15) is 18.0 Å². The van der Waals surface area contributed by atoms with Crippen LogP contribution in [0.1, 0.15) is 5.56 Å². The molecule has 0 saturated heterocycles. The predicted octanol–water partition coefficient (Wildman–Crippen LogP) is 4.97. The highest BCUT2D eigenvalue weighted by atomic mass is 19.4. The van der Waals surface area contributed by atoms with Crippen molar-refractivity contribution in [3.05, 3.63) is 66.5 Å². The van der Waals surface area contributed by atoms with E-state index in [1.54, 1.807) is 37.4 Å². The van der Waals surface area contributed by atoms with Crippen LogP contribution in [0.4, 0.5) is 35.2 Å². The number of carbonyl (C=O) groups is 1. The number of urea groups is 1. The number of carbonyl (C=O) groups excluding carboxylic acids is 1. The summed E-state index contributed by atoms with van der Waals surface area (Å²) < 4.78 is 43.8. The van der Waals surface area contributed by atoms with E-state index < -0.39 is 17.8 Å². The zero-order chi connectivity index (χ0) is 20.9. The summed E-state index contributed by atoms with van der Waals surface area (Å²) in [4.78, 5) is 20.0. The first kappa shape index (κ1) is 19.9. The van der Waals surface area contributed by atoms with Crippen molar-refractivity contribution in [2.24, 2.45) is 0 Å². The summed E-state index contributed by atoms with van der Waals surface area (Å²) in [7, 11) is 1.72. The molecular weight excluding hydrogens is 387 g/mol. The summed E-state index contributed by atoms with van der Waals surface area (Å²) in [5.41, 5.74) is -0.384. The summed E-state index contributed by atoms with van der Waals surface area (Å²) >= 11 is 0. The minimum atomic E-state index is -4.48. The number of halogens is 3. The molecule has 0 radical (unpaired) electrons. The van der Waals surface area contributed by atoms with Gasteiger partial charge in [0.1, 0.15) is 17.9 Å². The van der Waals surface area contributed by atoms with Gasteiger partial charge in [-0.2, -0.15) is 13.2 Å². The molecule has 0 saturated carbocycles. The normalized spacial score (nSPS) is 10.9. The van der Waals surface area contributed by atoms with Gasteiger partial charge in [0, 0.05) is 24.5 Å². The first-order chi connectivity index (χ1) is 13.8. The lowest BCUT2D eigenvalue weighted by atomic mass is 10.2. The molecule has 0 atom stereocenters. The summed E-state index contributed by atoms with van der Waals surface area (Å²) in [6.07, 6.45) is -3.13. The van der Waals surface area contributed by atoms with Crippen molar-refractivity contribution >= 4 is 23.2 Å². The van der Waals surface area contributed by atoms with Crippen molar-refractivity contribution in [3.63, 3.8) is 0 Å². The third-order valence-corrected chi connectivity index (χ3v) is 3.68. The summed E-state index contributed by atoms with van der Waals surface area (Å²) in [6.45, 7) is 0. The largest absolute Gasteiger partial charge is 0.439 e. The molecule has 3 aromatic rings. The Morgan fingerprint density at radius 2 is 1.69 bits per heavy atom. The minimum Gasteiger partial charge on any atom is -0.439 e. The van der Waals surface area contributed by atoms with Gasteiger partial charge in [-0.15, -0.1) is 0 Å². The van der Waals surface area contributed by atoms with Gasteiger partial charge in [-0.3, -0.25) is 0 Å². The van der Waals surface area contributed by atoms with E-state index in [4.69, 9.17) is 4.74 Å². The van der Waals surface area contributed by atoms with Gasteiger partial charge in [0.25, 0.3) is 0 Å². The number of ether oxygens (including phenoxy) is 1. The molecule has 10 heteroatoms. The number of hydrogen-bond donors (Lipinski definition) is 3. The monoisotopic (exact) mass is 403 g/mol. The van der Waals surface area contributed by atoms with Crippen molar-refractivity contribution in [2.75, 3.05) is 23.0 Å². The summed E-state index contributed by atoms with van der Waals surface area (Å²) in [5.74, 6) is 1.42. The zero-order valence-corrected chi connectivity index (χ0v) is 15.1. The third kappa shape index (κ3) is 5.58. The maximum atomic E-state index is 12.7. The fraction of sp³-hybridized carbons (Fsp3) is 0.105. The van der Waals surface area contributed by atoms with Crippen LogP contribution in [0, 0.1) is 0 Å². The maximum Gasteiger partial charge on any atom is 0.416 e. The molecule has 0 unspecified atom stereocenters. The second-order valence-corrected chi connectivity index (χ2v) is 5.78. The highest BCUT2D eigenvalue weighted by Gasteiger charge is 2.30. The number of aromatic nitrogens is 2. The average molecular weight is 403 g/mol. The van der Waals surface area contributed by atoms with Gasteiger partial charge < -0.3 is 20.7 Å². The fourth-order valence-corrected chi connectivity index (χ4v) is 2.33. The molecule has 150 valence electrons.